The zero-order chi connectivity index (χ0) is 12.6. The van der Waals surface area contributed by atoms with Crippen LogP contribution in [0.4, 0.5) is 0 Å². The standard InChI is InChI=1S/C14H22N4/c15-14-4-2-1-3-13(18-14)7-10-17-11-12-5-8-16-9-6-12/h5-6,8-9,13,17H,1-4,7,10-11H2,(H2,15,18). The SMILES string of the molecule is N=C1CCCCC(CCNCc2ccncc2)N1. The third kappa shape index (κ3) is 4.45. The first-order chi connectivity index (χ1) is 8.84. The molecule has 1 aromatic rings. The van der Waals surface area contributed by atoms with Crippen molar-refractivity contribution in [1.29, 1.82) is 5.41 Å². The van der Waals surface area contributed by atoms with E-state index in [1.807, 2.05) is 24.5 Å². The van der Waals surface area contributed by atoms with Crippen LogP contribution in [0.25, 0.3) is 0 Å². The van der Waals surface area contributed by atoms with E-state index in [1.165, 1.54) is 18.4 Å². The Labute approximate surface area is 109 Å². The summed E-state index contributed by atoms with van der Waals surface area (Å²) in [5, 5.41) is 14.5. The Morgan fingerprint density at radius 2 is 2.17 bits per heavy atom. The van der Waals surface area contributed by atoms with Gasteiger partial charge in [-0.05, 0) is 43.5 Å². The van der Waals surface area contributed by atoms with E-state index in [0.717, 1.165) is 32.4 Å². The fraction of sp³-hybridized carbons (Fsp3) is 0.571. The molecule has 0 saturated carbocycles. The smallest absolute Gasteiger partial charge is 0.0933 e. The lowest BCUT2D eigenvalue weighted by Crippen LogP contribution is -2.34. The van der Waals surface area contributed by atoms with Crippen LogP contribution in [0.3, 0.4) is 0 Å². The summed E-state index contributed by atoms with van der Waals surface area (Å²) in [5.41, 5.74) is 1.27. The van der Waals surface area contributed by atoms with Gasteiger partial charge in [0.25, 0.3) is 0 Å². The minimum absolute atomic E-state index is 0.477. The number of aromatic nitrogens is 1. The first-order valence-electron chi connectivity index (χ1n) is 6.78. The Bertz CT molecular complexity index is 363. The zero-order valence-electron chi connectivity index (χ0n) is 10.8. The molecule has 1 unspecified atom stereocenters. The van der Waals surface area contributed by atoms with Gasteiger partial charge >= 0.3 is 0 Å². The van der Waals surface area contributed by atoms with Crippen molar-refractivity contribution < 1.29 is 0 Å². The monoisotopic (exact) mass is 246 g/mol. The van der Waals surface area contributed by atoms with Gasteiger partial charge in [-0.1, -0.05) is 6.42 Å². The average molecular weight is 246 g/mol. The molecule has 3 N–H and O–H groups in total. The Kier molecular flexibility index (Phi) is 5.15. The van der Waals surface area contributed by atoms with Crippen molar-refractivity contribution in [3.63, 3.8) is 0 Å². The van der Waals surface area contributed by atoms with Gasteiger partial charge in [0, 0.05) is 31.4 Å². The zero-order valence-corrected chi connectivity index (χ0v) is 10.8. The molecule has 1 fully saturated rings. The van der Waals surface area contributed by atoms with Gasteiger partial charge in [0.05, 0.1) is 5.84 Å². The van der Waals surface area contributed by atoms with Gasteiger partial charge < -0.3 is 10.6 Å². The lowest BCUT2D eigenvalue weighted by Gasteiger charge is -2.17. The molecule has 1 aromatic heterocycles. The van der Waals surface area contributed by atoms with Crippen LogP contribution in [-0.4, -0.2) is 23.4 Å². The lowest BCUT2D eigenvalue weighted by atomic mass is 10.1. The largest absolute Gasteiger partial charge is 0.371 e. The summed E-state index contributed by atoms with van der Waals surface area (Å²) in [6.07, 6.45) is 9.25. The fourth-order valence-electron chi connectivity index (χ4n) is 2.31. The Hall–Kier alpha value is -1.42. The van der Waals surface area contributed by atoms with Gasteiger partial charge in [0.2, 0.25) is 0 Å². The highest BCUT2D eigenvalue weighted by Gasteiger charge is 2.13. The summed E-state index contributed by atoms with van der Waals surface area (Å²) < 4.78 is 0. The predicted octanol–water partition coefficient (Wildman–Crippen LogP) is 2.07. The summed E-state index contributed by atoms with van der Waals surface area (Å²) in [5.74, 6) is 0.714. The summed E-state index contributed by atoms with van der Waals surface area (Å²) in [6.45, 7) is 1.89. The second kappa shape index (κ2) is 7.11. The Morgan fingerprint density at radius 1 is 1.33 bits per heavy atom. The predicted molar refractivity (Wildman–Crippen MR) is 73.7 cm³/mol. The molecule has 0 bridgehead atoms. The molecule has 0 aliphatic carbocycles. The van der Waals surface area contributed by atoms with Crippen molar-refractivity contribution in [3.8, 4) is 0 Å². The molecule has 0 spiro atoms. The molecule has 4 heteroatoms. The van der Waals surface area contributed by atoms with Crippen molar-refractivity contribution in [2.45, 2.75) is 44.7 Å². The molecule has 18 heavy (non-hydrogen) atoms. The van der Waals surface area contributed by atoms with Crippen LogP contribution in [0.2, 0.25) is 0 Å². The maximum absolute atomic E-state index is 7.74. The maximum Gasteiger partial charge on any atom is 0.0933 e. The van der Waals surface area contributed by atoms with Gasteiger partial charge in [-0.15, -0.1) is 0 Å². The third-order valence-electron chi connectivity index (χ3n) is 3.36. The van der Waals surface area contributed by atoms with E-state index in [2.05, 4.69) is 15.6 Å². The fourth-order valence-corrected chi connectivity index (χ4v) is 2.31. The number of nitrogens with one attached hydrogen (secondary N) is 3. The average Bonchev–Trinajstić information content (AvgIpc) is 2.60. The van der Waals surface area contributed by atoms with E-state index < -0.39 is 0 Å². The van der Waals surface area contributed by atoms with Gasteiger partial charge in [-0.2, -0.15) is 0 Å². The van der Waals surface area contributed by atoms with Crippen LogP contribution in [0.15, 0.2) is 24.5 Å². The van der Waals surface area contributed by atoms with Crippen LogP contribution in [-0.2, 0) is 6.54 Å². The molecule has 2 heterocycles. The molecule has 1 saturated heterocycles. The van der Waals surface area contributed by atoms with Crippen molar-refractivity contribution in [2.24, 2.45) is 0 Å². The van der Waals surface area contributed by atoms with E-state index >= 15 is 0 Å². The maximum atomic E-state index is 7.74. The van der Waals surface area contributed by atoms with E-state index in [0.29, 0.717) is 11.9 Å². The van der Waals surface area contributed by atoms with Crippen LogP contribution < -0.4 is 10.6 Å². The first kappa shape index (κ1) is 13.0. The van der Waals surface area contributed by atoms with Crippen molar-refractivity contribution in [3.05, 3.63) is 30.1 Å². The van der Waals surface area contributed by atoms with Gasteiger partial charge in [0.1, 0.15) is 0 Å². The normalized spacial score (nSPS) is 20.2. The highest BCUT2D eigenvalue weighted by atomic mass is 15.0. The summed E-state index contributed by atoms with van der Waals surface area (Å²) >= 11 is 0. The number of nitrogens with zero attached hydrogens (tertiary/aromatic N) is 1. The summed E-state index contributed by atoms with van der Waals surface area (Å²) in [6, 6.07) is 4.55. The first-order valence-corrected chi connectivity index (χ1v) is 6.78. The minimum Gasteiger partial charge on any atom is -0.371 e. The molecule has 0 radical (unpaired) electrons. The summed E-state index contributed by atoms with van der Waals surface area (Å²) in [4.78, 5) is 4.00. The number of rotatable bonds is 5. The van der Waals surface area contributed by atoms with Crippen molar-refractivity contribution in [2.75, 3.05) is 6.54 Å². The molecule has 1 aliphatic heterocycles. The molecule has 0 aromatic carbocycles. The number of pyridine rings is 1. The van der Waals surface area contributed by atoms with Crippen molar-refractivity contribution >= 4 is 5.84 Å². The number of hydrogen-bond acceptors (Lipinski definition) is 3. The molecular weight excluding hydrogens is 224 g/mol. The molecule has 2 rings (SSSR count). The van der Waals surface area contributed by atoms with Crippen LogP contribution >= 0.6 is 0 Å². The second-order valence-corrected chi connectivity index (χ2v) is 4.89. The van der Waals surface area contributed by atoms with Gasteiger partial charge in [-0.25, -0.2) is 0 Å². The van der Waals surface area contributed by atoms with Gasteiger partial charge in [0.15, 0.2) is 0 Å². The molecular formula is C14H22N4. The van der Waals surface area contributed by atoms with Crippen LogP contribution in [0.1, 0.15) is 37.7 Å². The molecule has 98 valence electrons. The minimum atomic E-state index is 0.477. The van der Waals surface area contributed by atoms with E-state index in [4.69, 9.17) is 5.41 Å². The highest BCUT2D eigenvalue weighted by Crippen LogP contribution is 2.11. The van der Waals surface area contributed by atoms with Crippen LogP contribution in [0, 0.1) is 5.41 Å². The molecule has 1 atom stereocenters. The topological polar surface area (TPSA) is 60.8 Å². The quantitative estimate of drug-likeness (QED) is 0.697. The second-order valence-electron chi connectivity index (χ2n) is 4.89. The lowest BCUT2D eigenvalue weighted by molar-refractivity contribution is 0.492. The van der Waals surface area contributed by atoms with Crippen LogP contribution in [0.5, 0.6) is 0 Å². The summed E-state index contributed by atoms with van der Waals surface area (Å²) in [7, 11) is 0. The number of amidine groups is 1. The van der Waals surface area contributed by atoms with Gasteiger partial charge in [-0.3, -0.25) is 10.4 Å². The van der Waals surface area contributed by atoms with E-state index in [9.17, 15) is 0 Å². The molecule has 1 aliphatic rings. The molecule has 0 amide bonds. The highest BCUT2D eigenvalue weighted by molar-refractivity contribution is 5.79. The van der Waals surface area contributed by atoms with E-state index in [-0.39, 0.29) is 0 Å². The van der Waals surface area contributed by atoms with E-state index in [1.54, 1.807) is 0 Å². The Balaban J connectivity index is 1.64. The molecule has 4 nitrogen and oxygen atoms in total. The van der Waals surface area contributed by atoms with Crippen molar-refractivity contribution in [1.82, 2.24) is 15.6 Å². The third-order valence-corrected chi connectivity index (χ3v) is 3.36. The Morgan fingerprint density at radius 3 is 3.00 bits per heavy atom. The number of hydrogen-bond donors (Lipinski definition) is 3.